The predicted molar refractivity (Wildman–Crippen MR) is 82.9 cm³/mol. The summed E-state index contributed by atoms with van der Waals surface area (Å²) in [6.45, 7) is 6.95. The van der Waals surface area contributed by atoms with E-state index < -0.39 is 0 Å². The lowest BCUT2D eigenvalue weighted by atomic mass is 10.1. The molecule has 0 radical (unpaired) electrons. The van der Waals surface area contributed by atoms with Crippen LogP contribution in [-0.4, -0.2) is 62.9 Å². The summed E-state index contributed by atoms with van der Waals surface area (Å²) in [6.07, 6.45) is 0. The molecule has 1 N–H and O–H groups in total. The first-order chi connectivity index (χ1) is 10.1. The van der Waals surface area contributed by atoms with E-state index in [2.05, 4.69) is 48.3 Å². The lowest BCUT2D eigenvalue weighted by Crippen LogP contribution is -2.53. The van der Waals surface area contributed by atoms with Crippen LogP contribution < -0.4 is 14.8 Å². The molecule has 1 aromatic carbocycles. The molecule has 0 bridgehead atoms. The van der Waals surface area contributed by atoms with E-state index in [9.17, 15) is 0 Å². The number of rotatable bonds is 4. The van der Waals surface area contributed by atoms with E-state index >= 15 is 0 Å². The SMILES string of the molecule is CC(NCC1CN(C)CCN1C)c1ccc2c(c1)OCO2. The maximum Gasteiger partial charge on any atom is 0.231 e. The number of nitrogens with zero attached hydrogens (tertiary/aromatic N) is 2. The Morgan fingerprint density at radius 3 is 2.90 bits per heavy atom. The fraction of sp³-hybridized carbons (Fsp3) is 0.625. The zero-order chi connectivity index (χ0) is 14.8. The fourth-order valence-corrected chi connectivity index (χ4v) is 2.93. The molecule has 5 heteroatoms. The van der Waals surface area contributed by atoms with Gasteiger partial charge in [0.05, 0.1) is 0 Å². The number of fused-ring (bicyclic) bond motifs is 1. The summed E-state index contributed by atoms with van der Waals surface area (Å²) in [4.78, 5) is 4.84. The van der Waals surface area contributed by atoms with E-state index in [1.807, 2.05) is 6.07 Å². The predicted octanol–water partition coefficient (Wildman–Crippen LogP) is 1.31. The molecule has 2 atom stereocenters. The van der Waals surface area contributed by atoms with E-state index in [1.165, 1.54) is 5.56 Å². The molecule has 0 aliphatic carbocycles. The number of hydrogen-bond acceptors (Lipinski definition) is 5. The molecular formula is C16H25N3O2. The number of ether oxygens (including phenoxy) is 2. The molecule has 0 spiro atoms. The second-order valence-electron chi connectivity index (χ2n) is 6.14. The van der Waals surface area contributed by atoms with Crippen LogP contribution in [0.1, 0.15) is 18.5 Å². The standard InChI is InChI=1S/C16H25N3O2/c1-12(13-4-5-15-16(8-13)21-11-20-15)17-9-14-10-18(2)6-7-19(14)3/h4-5,8,12,14,17H,6-7,9-11H2,1-3H3. The average molecular weight is 291 g/mol. The Morgan fingerprint density at radius 1 is 1.24 bits per heavy atom. The maximum atomic E-state index is 5.45. The van der Waals surface area contributed by atoms with Crippen LogP contribution in [0.25, 0.3) is 0 Å². The zero-order valence-corrected chi connectivity index (χ0v) is 13.1. The lowest BCUT2D eigenvalue weighted by molar-refractivity contribution is 0.112. The van der Waals surface area contributed by atoms with Crippen molar-refractivity contribution < 1.29 is 9.47 Å². The number of benzene rings is 1. The van der Waals surface area contributed by atoms with E-state index in [-0.39, 0.29) is 0 Å². The van der Waals surface area contributed by atoms with Gasteiger partial charge in [-0.1, -0.05) is 6.07 Å². The van der Waals surface area contributed by atoms with E-state index in [1.54, 1.807) is 0 Å². The van der Waals surface area contributed by atoms with Crippen LogP contribution in [0.3, 0.4) is 0 Å². The summed E-state index contributed by atoms with van der Waals surface area (Å²) < 4.78 is 10.8. The Bertz CT molecular complexity index is 494. The molecule has 21 heavy (non-hydrogen) atoms. The smallest absolute Gasteiger partial charge is 0.231 e. The molecule has 0 aromatic heterocycles. The van der Waals surface area contributed by atoms with Gasteiger partial charge in [-0.2, -0.15) is 0 Å². The topological polar surface area (TPSA) is 37.0 Å². The van der Waals surface area contributed by atoms with Gasteiger partial charge in [0.15, 0.2) is 11.5 Å². The highest BCUT2D eigenvalue weighted by atomic mass is 16.7. The van der Waals surface area contributed by atoms with Gasteiger partial charge in [-0.05, 0) is 38.7 Å². The number of piperazine rings is 1. The fourth-order valence-electron chi connectivity index (χ4n) is 2.93. The number of nitrogens with one attached hydrogen (secondary N) is 1. The largest absolute Gasteiger partial charge is 0.454 e. The van der Waals surface area contributed by atoms with Crippen molar-refractivity contribution in [3.63, 3.8) is 0 Å². The Kier molecular flexibility index (Phi) is 4.33. The van der Waals surface area contributed by atoms with Gasteiger partial charge in [-0.15, -0.1) is 0 Å². The average Bonchev–Trinajstić information content (AvgIpc) is 2.95. The minimum Gasteiger partial charge on any atom is -0.454 e. The van der Waals surface area contributed by atoms with E-state index in [0.717, 1.165) is 37.7 Å². The first-order valence-corrected chi connectivity index (χ1v) is 7.65. The van der Waals surface area contributed by atoms with Crippen molar-refractivity contribution in [1.82, 2.24) is 15.1 Å². The second-order valence-corrected chi connectivity index (χ2v) is 6.14. The summed E-state index contributed by atoms with van der Waals surface area (Å²) in [5, 5.41) is 3.65. The van der Waals surface area contributed by atoms with E-state index in [4.69, 9.17) is 9.47 Å². The van der Waals surface area contributed by atoms with Crippen molar-refractivity contribution in [3.05, 3.63) is 23.8 Å². The molecule has 0 amide bonds. The van der Waals surface area contributed by atoms with Crippen LogP contribution in [0, 0.1) is 0 Å². The van der Waals surface area contributed by atoms with Crippen LogP contribution in [0.5, 0.6) is 11.5 Å². The third-order valence-electron chi connectivity index (χ3n) is 4.54. The lowest BCUT2D eigenvalue weighted by Gasteiger charge is -2.38. The third-order valence-corrected chi connectivity index (χ3v) is 4.54. The van der Waals surface area contributed by atoms with Gasteiger partial charge < -0.3 is 19.7 Å². The molecule has 5 nitrogen and oxygen atoms in total. The Hall–Kier alpha value is -1.30. The van der Waals surface area contributed by atoms with Gasteiger partial charge in [0.2, 0.25) is 6.79 Å². The highest BCUT2D eigenvalue weighted by Gasteiger charge is 2.23. The molecule has 2 heterocycles. The van der Waals surface area contributed by atoms with Crippen molar-refractivity contribution in [1.29, 1.82) is 0 Å². The molecule has 2 aliphatic heterocycles. The molecule has 2 aliphatic rings. The summed E-state index contributed by atoms with van der Waals surface area (Å²) in [5.41, 5.74) is 1.24. The van der Waals surface area contributed by atoms with Crippen molar-refractivity contribution in [3.8, 4) is 11.5 Å². The quantitative estimate of drug-likeness (QED) is 0.905. The van der Waals surface area contributed by atoms with Crippen molar-refractivity contribution in [2.24, 2.45) is 0 Å². The van der Waals surface area contributed by atoms with Gasteiger partial charge >= 0.3 is 0 Å². The molecule has 1 aromatic rings. The Balaban J connectivity index is 1.57. The Morgan fingerprint density at radius 2 is 2.05 bits per heavy atom. The van der Waals surface area contributed by atoms with E-state index in [0.29, 0.717) is 18.9 Å². The van der Waals surface area contributed by atoms with Gasteiger partial charge in [0.1, 0.15) is 0 Å². The molecule has 3 rings (SSSR count). The van der Waals surface area contributed by atoms with Crippen molar-refractivity contribution in [2.45, 2.75) is 19.0 Å². The monoisotopic (exact) mass is 291 g/mol. The molecule has 2 unspecified atom stereocenters. The van der Waals surface area contributed by atoms with Gasteiger partial charge in [0.25, 0.3) is 0 Å². The molecule has 1 saturated heterocycles. The van der Waals surface area contributed by atoms with Gasteiger partial charge in [0, 0.05) is 38.3 Å². The highest BCUT2D eigenvalue weighted by molar-refractivity contribution is 5.45. The number of likely N-dealkylation sites (N-methyl/N-ethyl adjacent to an activating group) is 2. The van der Waals surface area contributed by atoms with Crippen molar-refractivity contribution >= 4 is 0 Å². The molecule has 116 valence electrons. The summed E-state index contributed by atoms with van der Waals surface area (Å²) >= 11 is 0. The van der Waals surface area contributed by atoms with Crippen LogP contribution >= 0.6 is 0 Å². The summed E-state index contributed by atoms with van der Waals surface area (Å²) in [7, 11) is 4.41. The minimum atomic E-state index is 0.306. The van der Waals surface area contributed by atoms with Crippen molar-refractivity contribution in [2.75, 3.05) is 47.1 Å². The Labute approximate surface area is 126 Å². The molecule has 1 fully saturated rings. The minimum absolute atomic E-state index is 0.306. The zero-order valence-electron chi connectivity index (χ0n) is 13.1. The normalized spacial score (nSPS) is 24.2. The third kappa shape index (κ3) is 3.31. The number of hydrogen-bond donors (Lipinski definition) is 1. The second kappa shape index (κ2) is 6.22. The first kappa shape index (κ1) is 14.6. The summed E-state index contributed by atoms with van der Waals surface area (Å²) in [5.74, 6) is 1.70. The summed E-state index contributed by atoms with van der Waals surface area (Å²) in [6, 6.07) is 7.06. The van der Waals surface area contributed by atoms with Crippen LogP contribution in [0.15, 0.2) is 18.2 Å². The van der Waals surface area contributed by atoms with Crippen LogP contribution in [0.4, 0.5) is 0 Å². The van der Waals surface area contributed by atoms with Crippen LogP contribution in [0.2, 0.25) is 0 Å². The maximum absolute atomic E-state index is 5.45. The highest BCUT2D eigenvalue weighted by Crippen LogP contribution is 2.34. The van der Waals surface area contributed by atoms with Gasteiger partial charge in [-0.25, -0.2) is 0 Å². The van der Waals surface area contributed by atoms with Gasteiger partial charge in [-0.3, -0.25) is 4.90 Å². The molecular weight excluding hydrogens is 266 g/mol. The first-order valence-electron chi connectivity index (χ1n) is 7.65. The van der Waals surface area contributed by atoms with Crippen LogP contribution in [-0.2, 0) is 0 Å². The molecule has 0 saturated carbocycles.